The van der Waals surface area contributed by atoms with Gasteiger partial charge in [-0.05, 0) is 48.9 Å². The summed E-state index contributed by atoms with van der Waals surface area (Å²) in [6.07, 6.45) is 2.58. The lowest BCUT2D eigenvalue weighted by atomic mass is 10.2. The van der Waals surface area contributed by atoms with Crippen molar-refractivity contribution in [3.63, 3.8) is 0 Å². The molecule has 3 atom stereocenters. The maximum Gasteiger partial charge on any atom is 0.120 e. The summed E-state index contributed by atoms with van der Waals surface area (Å²) in [4.78, 5) is 6.07. The molecule has 5 heteroatoms. The minimum absolute atomic E-state index is 0.136. The molecule has 0 bridgehead atoms. The highest BCUT2D eigenvalue weighted by Crippen LogP contribution is 2.44. The van der Waals surface area contributed by atoms with E-state index >= 15 is 0 Å². The summed E-state index contributed by atoms with van der Waals surface area (Å²) in [5.74, 6) is 3.00. The van der Waals surface area contributed by atoms with Crippen molar-refractivity contribution in [3.05, 3.63) is 30.0 Å². The number of hydrogen-bond acceptors (Lipinski definition) is 3. The third-order valence-corrected chi connectivity index (χ3v) is 5.77. The average Bonchev–Trinajstić information content (AvgIpc) is 3.07. The van der Waals surface area contributed by atoms with Gasteiger partial charge in [0, 0.05) is 42.8 Å². The molecule has 0 amide bonds. The largest absolute Gasteiger partial charge is 0.494 e. The van der Waals surface area contributed by atoms with E-state index in [0.717, 1.165) is 55.0 Å². The summed E-state index contributed by atoms with van der Waals surface area (Å²) in [7, 11) is 0. The molecule has 1 aromatic heterocycles. The SMILES string of the molecule is c1cc2[nH]c(C3COCC[N]3)cc2cc1OCCCN1CC2CC2C1. The van der Waals surface area contributed by atoms with Crippen LogP contribution in [0.25, 0.3) is 10.9 Å². The molecule has 3 heterocycles. The quantitative estimate of drug-likeness (QED) is 0.822. The van der Waals surface area contributed by atoms with Gasteiger partial charge < -0.3 is 19.4 Å². The van der Waals surface area contributed by atoms with Gasteiger partial charge in [-0.25, -0.2) is 5.32 Å². The number of ether oxygens (including phenoxy) is 2. The number of fused-ring (bicyclic) bond motifs is 2. The molecule has 1 aliphatic carbocycles. The van der Waals surface area contributed by atoms with Crippen LogP contribution < -0.4 is 10.1 Å². The first-order valence-electron chi connectivity index (χ1n) is 9.57. The van der Waals surface area contributed by atoms with Crippen molar-refractivity contribution in [2.24, 2.45) is 11.8 Å². The van der Waals surface area contributed by atoms with Crippen molar-refractivity contribution in [1.82, 2.24) is 15.2 Å². The number of nitrogens with one attached hydrogen (secondary N) is 1. The Labute approximate surface area is 148 Å². The van der Waals surface area contributed by atoms with Crippen LogP contribution in [-0.4, -0.2) is 55.9 Å². The van der Waals surface area contributed by atoms with Crippen LogP contribution in [0.5, 0.6) is 5.75 Å². The fourth-order valence-corrected chi connectivity index (χ4v) is 4.27. The molecule has 1 radical (unpaired) electrons. The molecule has 1 aromatic carbocycles. The Balaban J connectivity index is 1.16. The predicted molar refractivity (Wildman–Crippen MR) is 97.0 cm³/mol. The van der Waals surface area contributed by atoms with E-state index in [-0.39, 0.29) is 6.04 Å². The number of H-pyrrole nitrogens is 1. The smallest absolute Gasteiger partial charge is 0.120 e. The number of aromatic amines is 1. The lowest BCUT2D eigenvalue weighted by Crippen LogP contribution is -2.29. The topological polar surface area (TPSA) is 51.6 Å². The molecule has 2 saturated heterocycles. The fourth-order valence-electron chi connectivity index (χ4n) is 4.27. The Bertz CT molecular complexity index is 728. The van der Waals surface area contributed by atoms with Crippen LogP contribution in [0, 0.1) is 11.8 Å². The van der Waals surface area contributed by atoms with E-state index in [1.165, 1.54) is 31.4 Å². The normalized spacial score (nSPS) is 29.0. The zero-order chi connectivity index (χ0) is 16.6. The van der Waals surface area contributed by atoms with Crippen LogP contribution in [0.3, 0.4) is 0 Å². The molecule has 5 nitrogen and oxygen atoms in total. The zero-order valence-corrected chi connectivity index (χ0v) is 14.6. The first-order chi connectivity index (χ1) is 12.3. The average molecular weight is 340 g/mol. The summed E-state index contributed by atoms with van der Waals surface area (Å²) in [6.45, 7) is 6.80. The molecular weight excluding hydrogens is 314 g/mol. The second-order valence-electron chi connectivity index (χ2n) is 7.69. The van der Waals surface area contributed by atoms with Crippen LogP contribution >= 0.6 is 0 Å². The minimum atomic E-state index is 0.136. The van der Waals surface area contributed by atoms with Crippen LogP contribution in [-0.2, 0) is 4.74 Å². The second kappa shape index (κ2) is 6.63. The summed E-state index contributed by atoms with van der Waals surface area (Å²) in [6, 6.07) is 8.61. The van der Waals surface area contributed by atoms with Crippen molar-refractivity contribution in [3.8, 4) is 5.75 Å². The van der Waals surface area contributed by atoms with Crippen LogP contribution in [0.4, 0.5) is 0 Å². The van der Waals surface area contributed by atoms with Gasteiger partial charge in [-0.15, -0.1) is 0 Å². The minimum Gasteiger partial charge on any atom is -0.494 e. The third-order valence-electron chi connectivity index (χ3n) is 5.77. The third kappa shape index (κ3) is 3.41. The number of hydrogen-bond donors (Lipinski definition) is 1. The van der Waals surface area contributed by atoms with Gasteiger partial charge in [-0.2, -0.15) is 0 Å². The molecule has 25 heavy (non-hydrogen) atoms. The van der Waals surface area contributed by atoms with Gasteiger partial charge in [-0.1, -0.05) is 0 Å². The zero-order valence-electron chi connectivity index (χ0n) is 14.6. The highest BCUT2D eigenvalue weighted by molar-refractivity contribution is 5.82. The van der Waals surface area contributed by atoms with E-state index in [1.807, 2.05) is 0 Å². The van der Waals surface area contributed by atoms with Crippen LogP contribution in [0.2, 0.25) is 0 Å². The number of likely N-dealkylation sites (tertiary alicyclic amines) is 1. The number of piperidine rings is 1. The maximum absolute atomic E-state index is 5.98. The number of rotatable bonds is 6. The van der Waals surface area contributed by atoms with Gasteiger partial charge in [0.25, 0.3) is 0 Å². The Morgan fingerprint density at radius 1 is 1.24 bits per heavy atom. The number of morpholine rings is 1. The van der Waals surface area contributed by atoms with E-state index in [2.05, 4.69) is 39.5 Å². The first kappa shape index (κ1) is 15.7. The van der Waals surface area contributed by atoms with E-state index in [0.29, 0.717) is 6.61 Å². The van der Waals surface area contributed by atoms with Crippen molar-refractivity contribution in [1.29, 1.82) is 0 Å². The molecule has 1 N–H and O–H groups in total. The number of nitrogens with zero attached hydrogens (tertiary/aromatic N) is 2. The summed E-state index contributed by atoms with van der Waals surface area (Å²) in [5, 5.41) is 5.82. The Morgan fingerprint density at radius 2 is 2.16 bits per heavy atom. The molecule has 0 spiro atoms. The Morgan fingerprint density at radius 3 is 3.00 bits per heavy atom. The molecule has 2 aromatic rings. The van der Waals surface area contributed by atoms with E-state index in [4.69, 9.17) is 9.47 Å². The van der Waals surface area contributed by atoms with Gasteiger partial charge in [0.05, 0.1) is 25.9 Å². The predicted octanol–water partition coefficient (Wildman–Crippen LogP) is 2.56. The molecular formula is C20H26N3O2. The van der Waals surface area contributed by atoms with Gasteiger partial charge in [0.1, 0.15) is 5.75 Å². The van der Waals surface area contributed by atoms with E-state index in [1.54, 1.807) is 0 Å². The van der Waals surface area contributed by atoms with Gasteiger partial charge in [-0.3, -0.25) is 0 Å². The molecule has 5 rings (SSSR count). The summed E-state index contributed by atoms with van der Waals surface area (Å²) < 4.78 is 11.5. The molecule has 133 valence electrons. The second-order valence-corrected chi connectivity index (χ2v) is 7.69. The first-order valence-corrected chi connectivity index (χ1v) is 9.57. The summed E-state index contributed by atoms with van der Waals surface area (Å²) >= 11 is 0. The Hall–Kier alpha value is -1.56. The van der Waals surface area contributed by atoms with Crippen molar-refractivity contribution >= 4 is 10.9 Å². The molecule has 2 aliphatic heterocycles. The maximum atomic E-state index is 5.98. The highest BCUT2D eigenvalue weighted by Gasteiger charge is 2.44. The highest BCUT2D eigenvalue weighted by atomic mass is 16.5. The van der Waals surface area contributed by atoms with Gasteiger partial charge in [0.15, 0.2) is 0 Å². The van der Waals surface area contributed by atoms with Gasteiger partial charge in [0.2, 0.25) is 0 Å². The van der Waals surface area contributed by atoms with Crippen molar-refractivity contribution in [2.45, 2.75) is 18.9 Å². The number of aromatic nitrogens is 1. The lowest BCUT2D eigenvalue weighted by molar-refractivity contribution is 0.0735. The number of benzene rings is 1. The Kier molecular flexibility index (Phi) is 4.16. The van der Waals surface area contributed by atoms with Gasteiger partial charge >= 0.3 is 0 Å². The monoisotopic (exact) mass is 340 g/mol. The lowest BCUT2D eigenvalue weighted by Gasteiger charge is -2.20. The molecule has 3 aliphatic rings. The fraction of sp³-hybridized carbons (Fsp3) is 0.600. The standard InChI is InChI=1S/C20H26N3O2/c1(5-23-11-15-8-16(15)12-23)6-25-17-2-3-18-14(9-17)10-19(22-18)20-13-24-7-4-21-20/h2-3,9-10,15-16,20,22H,1,4-8,11-13H2. The van der Waals surface area contributed by atoms with Crippen molar-refractivity contribution < 1.29 is 9.47 Å². The molecule has 3 unspecified atom stereocenters. The van der Waals surface area contributed by atoms with E-state index in [9.17, 15) is 0 Å². The molecule has 1 saturated carbocycles. The van der Waals surface area contributed by atoms with E-state index < -0.39 is 0 Å². The van der Waals surface area contributed by atoms with Crippen molar-refractivity contribution in [2.75, 3.05) is 46.0 Å². The van der Waals surface area contributed by atoms with Crippen LogP contribution in [0.15, 0.2) is 24.3 Å². The molecule has 3 fully saturated rings. The van der Waals surface area contributed by atoms with Crippen LogP contribution in [0.1, 0.15) is 24.6 Å². The summed E-state index contributed by atoms with van der Waals surface area (Å²) in [5.41, 5.74) is 2.28.